The summed E-state index contributed by atoms with van der Waals surface area (Å²) < 4.78 is 5.02. The van der Waals surface area contributed by atoms with Crippen molar-refractivity contribution < 1.29 is 14.3 Å². The number of hydrogen-bond acceptors (Lipinski definition) is 7. The highest BCUT2D eigenvalue weighted by Crippen LogP contribution is 2.45. The fourth-order valence-electron chi connectivity index (χ4n) is 2.38. The summed E-state index contributed by atoms with van der Waals surface area (Å²) in [5.41, 5.74) is 1.18. The van der Waals surface area contributed by atoms with Crippen molar-refractivity contribution in [3.8, 4) is 0 Å². The molecule has 124 valence electrons. The van der Waals surface area contributed by atoms with Gasteiger partial charge in [0.1, 0.15) is 0 Å². The van der Waals surface area contributed by atoms with Crippen molar-refractivity contribution in [1.82, 2.24) is 4.90 Å². The Morgan fingerprint density at radius 2 is 2.00 bits per heavy atom. The first-order chi connectivity index (χ1) is 11.7. The average Bonchev–Trinajstić information content (AvgIpc) is 3.08. The average molecular weight is 379 g/mol. The van der Waals surface area contributed by atoms with Crippen molar-refractivity contribution >= 4 is 58.1 Å². The Bertz CT molecular complexity index is 761. The quantitative estimate of drug-likeness (QED) is 0.442. The number of anilines is 1. The molecule has 0 unspecified atom stereocenters. The third-order valence-electron chi connectivity index (χ3n) is 3.48. The van der Waals surface area contributed by atoms with E-state index in [4.69, 9.17) is 12.2 Å². The predicted molar refractivity (Wildman–Crippen MR) is 101 cm³/mol. The first-order valence-corrected chi connectivity index (χ1v) is 9.25. The van der Waals surface area contributed by atoms with Gasteiger partial charge in [0.2, 0.25) is 0 Å². The second-order valence-corrected chi connectivity index (χ2v) is 7.58. The molecule has 3 rings (SSSR count). The number of thiocarbonyl (C=S) groups is 1. The molecule has 2 aliphatic heterocycles. The van der Waals surface area contributed by atoms with Gasteiger partial charge in [-0.2, -0.15) is 0 Å². The maximum Gasteiger partial charge on any atom is 0.294 e. The smallest absolute Gasteiger partial charge is 0.294 e. The molecule has 1 aromatic rings. The fourth-order valence-corrected chi connectivity index (χ4v) is 4.68. The first kappa shape index (κ1) is 17.1. The van der Waals surface area contributed by atoms with Crippen molar-refractivity contribution in [3.05, 3.63) is 46.4 Å². The van der Waals surface area contributed by atoms with Gasteiger partial charge in [-0.05, 0) is 31.2 Å². The lowest BCUT2D eigenvalue weighted by Crippen LogP contribution is -2.30. The molecular formula is C16H14N2O3S3. The molecule has 2 aliphatic rings. The zero-order valence-corrected chi connectivity index (χ0v) is 15.2. The number of fused-ring (bicyclic) bond motifs is 1. The second kappa shape index (κ2) is 7.42. The molecule has 1 amide bonds. The van der Waals surface area contributed by atoms with Crippen LogP contribution in [-0.2, 0) is 14.3 Å². The van der Waals surface area contributed by atoms with Gasteiger partial charge in [0.15, 0.2) is 11.1 Å². The zero-order chi connectivity index (χ0) is 17.1. The first-order valence-electron chi connectivity index (χ1n) is 7.21. The lowest BCUT2D eigenvalue weighted by atomic mass is 10.3. The number of ether oxygens (including phenoxy) is 1. The van der Waals surface area contributed by atoms with E-state index in [1.165, 1.54) is 27.2 Å². The van der Waals surface area contributed by atoms with Gasteiger partial charge in [0.05, 0.1) is 15.6 Å². The van der Waals surface area contributed by atoms with Gasteiger partial charge in [-0.1, -0.05) is 47.9 Å². The normalized spacial score (nSPS) is 20.2. The minimum atomic E-state index is -0.243. The monoisotopic (exact) mass is 378 g/mol. The molecule has 1 fully saturated rings. The van der Waals surface area contributed by atoms with Crippen LogP contribution in [-0.4, -0.2) is 34.9 Å². The highest BCUT2D eigenvalue weighted by Gasteiger charge is 2.32. The van der Waals surface area contributed by atoms with Gasteiger partial charge in [0, 0.05) is 11.4 Å². The van der Waals surface area contributed by atoms with Crippen LogP contribution in [0.3, 0.4) is 0 Å². The van der Waals surface area contributed by atoms with E-state index < -0.39 is 0 Å². The van der Waals surface area contributed by atoms with Crippen LogP contribution < -0.4 is 4.90 Å². The number of amides is 1. The van der Waals surface area contributed by atoms with E-state index >= 15 is 0 Å². The summed E-state index contributed by atoms with van der Waals surface area (Å²) in [7, 11) is 0. The fraction of sp³-hybridized carbons (Fsp3) is 0.188. The molecule has 0 saturated carbocycles. The summed E-state index contributed by atoms with van der Waals surface area (Å²) in [6.45, 7) is 3.09. The molecule has 0 bridgehead atoms. The zero-order valence-electron chi connectivity index (χ0n) is 12.8. The number of thioether (sulfide) groups is 2. The maximum atomic E-state index is 12.3. The van der Waals surface area contributed by atoms with E-state index in [9.17, 15) is 9.59 Å². The predicted octanol–water partition coefficient (Wildman–Crippen LogP) is 3.33. The largest absolute Gasteiger partial charge is 0.446 e. The summed E-state index contributed by atoms with van der Waals surface area (Å²) in [4.78, 5) is 27.8. The molecule has 1 saturated heterocycles. The van der Waals surface area contributed by atoms with Crippen molar-refractivity contribution in [2.45, 2.75) is 11.8 Å². The van der Waals surface area contributed by atoms with E-state index in [0.717, 1.165) is 11.6 Å². The number of nitrogens with zero attached hydrogens (tertiary/aromatic N) is 2. The number of benzene rings is 1. The Kier molecular flexibility index (Phi) is 5.27. The lowest BCUT2D eigenvalue weighted by Gasteiger charge is -2.17. The highest BCUT2D eigenvalue weighted by molar-refractivity contribution is 8.26. The second-order valence-electron chi connectivity index (χ2n) is 4.84. The molecule has 24 heavy (non-hydrogen) atoms. The topological polar surface area (TPSA) is 49.9 Å². The molecule has 0 spiro atoms. The van der Waals surface area contributed by atoms with Gasteiger partial charge in [-0.3, -0.25) is 14.5 Å². The summed E-state index contributed by atoms with van der Waals surface area (Å²) in [6.07, 6.45) is 3.71. The number of para-hydroxylation sites is 1. The van der Waals surface area contributed by atoms with Crippen molar-refractivity contribution in [3.63, 3.8) is 0 Å². The third kappa shape index (κ3) is 3.22. The molecule has 0 atom stereocenters. The van der Waals surface area contributed by atoms with Crippen molar-refractivity contribution in [1.29, 1.82) is 0 Å². The van der Waals surface area contributed by atoms with E-state index in [1.807, 2.05) is 18.2 Å². The Morgan fingerprint density at radius 1 is 1.21 bits per heavy atom. The number of rotatable bonds is 5. The molecule has 0 radical (unpaired) electrons. The van der Waals surface area contributed by atoms with Crippen LogP contribution in [0, 0.1) is 0 Å². The van der Waals surface area contributed by atoms with Gasteiger partial charge < -0.3 is 9.64 Å². The van der Waals surface area contributed by atoms with Crippen LogP contribution in [0.5, 0.6) is 0 Å². The van der Waals surface area contributed by atoms with Crippen LogP contribution in [0.15, 0.2) is 51.2 Å². The van der Waals surface area contributed by atoms with Crippen molar-refractivity contribution in [2.24, 2.45) is 0 Å². The Morgan fingerprint density at radius 3 is 2.75 bits per heavy atom. The van der Waals surface area contributed by atoms with Crippen LogP contribution >= 0.6 is 35.7 Å². The summed E-state index contributed by atoms with van der Waals surface area (Å²) in [5.74, 6) is -0.243. The van der Waals surface area contributed by atoms with E-state index in [-0.39, 0.29) is 12.6 Å². The SMILES string of the molecule is CCN1C(=C/C=C2/SC(=S)N(COC=O)C2=O)Sc2ccccc21. The summed E-state index contributed by atoms with van der Waals surface area (Å²) >= 11 is 8.04. The van der Waals surface area contributed by atoms with Gasteiger partial charge in [-0.15, -0.1) is 0 Å². The van der Waals surface area contributed by atoms with Crippen LogP contribution in [0.25, 0.3) is 0 Å². The molecule has 8 heteroatoms. The van der Waals surface area contributed by atoms with Crippen LogP contribution in [0.1, 0.15) is 6.92 Å². The summed E-state index contributed by atoms with van der Waals surface area (Å²) in [5, 5.41) is 1.06. The van der Waals surface area contributed by atoms with Crippen LogP contribution in [0.4, 0.5) is 5.69 Å². The van der Waals surface area contributed by atoms with Crippen molar-refractivity contribution in [2.75, 3.05) is 18.2 Å². The number of carbonyl (C=O) groups excluding carboxylic acids is 2. The molecule has 1 aromatic carbocycles. The van der Waals surface area contributed by atoms with E-state index in [2.05, 4.69) is 28.7 Å². The molecule has 0 aliphatic carbocycles. The lowest BCUT2D eigenvalue weighted by molar-refractivity contribution is -0.135. The molecule has 5 nitrogen and oxygen atoms in total. The van der Waals surface area contributed by atoms with Gasteiger partial charge in [0.25, 0.3) is 12.4 Å². The maximum absolute atomic E-state index is 12.3. The molecule has 0 N–H and O–H groups in total. The number of hydrogen-bond donors (Lipinski definition) is 0. The molecule has 2 heterocycles. The van der Waals surface area contributed by atoms with Gasteiger partial charge >= 0.3 is 0 Å². The standard InChI is InChI=1S/C16H14N2O3S3/c1-2-17-11-5-3-4-6-12(11)23-14(17)8-7-13-15(20)18(9-21-10-19)16(22)24-13/h3-8,10H,2,9H2,1H3/b13-7+,14-8?. The number of carbonyl (C=O) groups is 2. The Balaban J connectivity index is 1.80. The summed E-state index contributed by atoms with van der Waals surface area (Å²) in [6, 6.07) is 8.20. The Hall–Kier alpha value is -1.77. The highest BCUT2D eigenvalue weighted by atomic mass is 32.2. The van der Waals surface area contributed by atoms with E-state index in [0.29, 0.717) is 15.7 Å². The van der Waals surface area contributed by atoms with Crippen LogP contribution in [0.2, 0.25) is 0 Å². The number of allylic oxidation sites excluding steroid dienone is 2. The molecule has 0 aromatic heterocycles. The minimum absolute atomic E-state index is 0.149. The third-order valence-corrected chi connectivity index (χ3v) is 6.00. The molecular weight excluding hydrogens is 364 g/mol. The van der Waals surface area contributed by atoms with Gasteiger partial charge in [-0.25, -0.2) is 0 Å². The Labute approximate surface area is 153 Å². The van der Waals surface area contributed by atoms with E-state index in [1.54, 1.807) is 17.8 Å². The minimum Gasteiger partial charge on any atom is -0.446 e.